The van der Waals surface area contributed by atoms with E-state index in [2.05, 4.69) is 5.32 Å². The first-order valence-corrected chi connectivity index (χ1v) is 5.96. The number of nitrogens with one attached hydrogen (secondary N) is 1. The third-order valence-electron chi connectivity index (χ3n) is 3.27. The Labute approximate surface area is 97.0 Å². The molecule has 1 aliphatic rings. The number of rotatable bonds is 3. The van der Waals surface area contributed by atoms with Crippen molar-refractivity contribution in [3.63, 3.8) is 0 Å². The summed E-state index contributed by atoms with van der Waals surface area (Å²) in [5.41, 5.74) is 7.16. The Balaban J connectivity index is 2.07. The number of nitrogens with two attached hydrogens (primary N) is 1. The van der Waals surface area contributed by atoms with Gasteiger partial charge in [0, 0.05) is 12.1 Å². The Morgan fingerprint density at radius 2 is 2.00 bits per heavy atom. The molecule has 3 N–H and O–H groups in total. The van der Waals surface area contributed by atoms with Gasteiger partial charge in [-0.3, -0.25) is 0 Å². The molecular formula is C13H20N2O. The van der Waals surface area contributed by atoms with Crippen molar-refractivity contribution in [2.45, 2.75) is 37.8 Å². The lowest BCUT2D eigenvalue weighted by Crippen LogP contribution is -2.42. The second kappa shape index (κ2) is 5.21. The monoisotopic (exact) mass is 220 g/mol. The average molecular weight is 220 g/mol. The van der Waals surface area contributed by atoms with E-state index in [0.29, 0.717) is 6.04 Å². The quantitative estimate of drug-likeness (QED) is 0.822. The Bertz CT molecular complexity index is 340. The van der Waals surface area contributed by atoms with Crippen molar-refractivity contribution >= 4 is 5.69 Å². The van der Waals surface area contributed by atoms with E-state index >= 15 is 0 Å². The van der Waals surface area contributed by atoms with Crippen LogP contribution in [0.2, 0.25) is 0 Å². The molecule has 0 aromatic heterocycles. The van der Waals surface area contributed by atoms with Crippen LogP contribution in [0.4, 0.5) is 5.69 Å². The maximum absolute atomic E-state index is 6.12. The molecule has 0 spiro atoms. The number of para-hydroxylation sites is 2. The number of methoxy groups -OCH3 is 1. The van der Waals surface area contributed by atoms with Crippen LogP contribution in [-0.2, 0) is 0 Å². The number of benzene rings is 1. The van der Waals surface area contributed by atoms with Gasteiger partial charge in [-0.1, -0.05) is 25.0 Å². The molecule has 0 amide bonds. The maximum Gasteiger partial charge on any atom is 0.141 e. The van der Waals surface area contributed by atoms with E-state index in [4.69, 9.17) is 10.5 Å². The van der Waals surface area contributed by atoms with E-state index in [9.17, 15) is 0 Å². The fraction of sp³-hybridized carbons (Fsp3) is 0.538. The van der Waals surface area contributed by atoms with Crippen LogP contribution in [0.3, 0.4) is 0 Å². The SMILES string of the molecule is COc1ccccc1NC1CCCCC1N. The zero-order valence-corrected chi connectivity index (χ0v) is 9.78. The van der Waals surface area contributed by atoms with E-state index in [1.807, 2.05) is 24.3 Å². The lowest BCUT2D eigenvalue weighted by molar-refractivity contribution is 0.396. The molecule has 0 aliphatic heterocycles. The molecule has 1 aliphatic carbocycles. The summed E-state index contributed by atoms with van der Waals surface area (Å²) < 4.78 is 5.32. The lowest BCUT2D eigenvalue weighted by Gasteiger charge is -2.30. The molecule has 88 valence electrons. The van der Waals surface area contributed by atoms with Crippen molar-refractivity contribution in [1.29, 1.82) is 0 Å². The second-order valence-corrected chi connectivity index (χ2v) is 4.40. The van der Waals surface area contributed by atoms with Crippen molar-refractivity contribution < 1.29 is 4.74 Å². The van der Waals surface area contributed by atoms with Crippen molar-refractivity contribution in [2.75, 3.05) is 12.4 Å². The van der Waals surface area contributed by atoms with Crippen LogP contribution in [0.5, 0.6) is 5.75 Å². The Hall–Kier alpha value is -1.22. The van der Waals surface area contributed by atoms with Crippen molar-refractivity contribution in [3.8, 4) is 5.75 Å². The van der Waals surface area contributed by atoms with E-state index in [1.54, 1.807) is 7.11 Å². The van der Waals surface area contributed by atoms with E-state index < -0.39 is 0 Å². The Morgan fingerprint density at radius 1 is 1.25 bits per heavy atom. The van der Waals surface area contributed by atoms with Crippen LogP contribution in [0.1, 0.15) is 25.7 Å². The second-order valence-electron chi connectivity index (χ2n) is 4.40. The number of hydrogen-bond donors (Lipinski definition) is 2. The van der Waals surface area contributed by atoms with Crippen LogP contribution in [0, 0.1) is 0 Å². The predicted molar refractivity (Wildman–Crippen MR) is 66.8 cm³/mol. The summed E-state index contributed by atoms with van der Waals surface area (Å²) in [5.74, 6) is 0.889. The molecule has 1 fully saturated rings. The highest BCUT2D eigenvalue weighted by atomic mass is 16.5. The van der Waals surface area contributed by atoms with Gasteiger partial charge in [0.25, 0.3) is 0 Å². The van der Waals surface area contributed by atoms with Gasteiger partial charge in [-0.05, 0) is 25.0 Å². The van der Waals surface area contributed by atoms with Crippen LogP contribution < -0.4 is 15.8 Å². The number of hydrogen-bond acceptors (Lipinski definition) is 3. The molecule has 3 heteroatoms. The zero-order chi connectivity index (χ0) is 11.4. The predicted octanol–water partition coefficient (Wildman–Crippen LogP) is 2.38. The van der Waals surface area contributed by atoms with Gasteiger partial charge in [0.1, 0.15) is 5.75 Å². The first-order valence-electron chi connectivity index (χ1n) is 5.96. The highest BCUT2D eigenvalue weighted by Crippen LogP contribution is 2.27. The lowest BCUT2D eigenvalue weighted by atomic mass is 9.91. The summed E-state index contributed by atoms with van der Waals surface area (Å²) in [6.07, 6.45) is 4.79. The molecule has 0 radical (unpaired) electrons. The summed E-state index contributed by atoms with van der Waals surface area (Å²) in [4.78, 5) is 0. The van der Waals surface area contributed by atoms with E-state index in [-0.39, 0.29) is 6.04 Å². The normalized spacial score (nSPS) is 25.1. The van der Waals surface area contributed by atoms with E-state index in [1.165, 1.54) is 12.8 Å². The van der Waals surface area contributed by atoms with Crippen LogP contribution in [0.25, 0.3) is 0 Å². The molecule has 0 bridgehead atoms. The highest BCUT2D eigenvalue weighted by molar-refractivity contribution is 5.56. The van der Waals surface area contributed by atoms with Crippen LogP contribution >= 0.6 is 0 Å². The minimum atomic E-state index is 0.263. The molecule has 1 aromatic carbocycles. The molecule has 0 saturated heterocycles. The number of anilines is 1. The standard InChI is InChI=1S/C13H20N2O/c1-16-13-9-5-4-8-12(13)15-11-7-3-2-6-10(11)14/h4-5,8-11,15H,2-3,6-7,14H2,1H3. The summed E-state index contributed by atoms with van der Waals surface area (Å²) in [6.45, 7) is 0. The van der Waals surface area contributed by atoms with Crippen molar-refractivity contribution in [1.82, 2.24) is 0 Å². The third-order valence-corrected chi connectivity index (χ3v) is 3.27. The smallest absolute Gasteiger partial charge is 0.141 e. The molecule has 2 rings (SSSR count). The first-order chi connectivity index (χ1) is 7.81. The van der Waals surface area contributed by atoms with Gasteiger partial charge < -0.3 is 15.8 Å². The Kier molecular flexibility index (Phi) is 3.67. The topological polar surface area (TPSA) is 47.3 Å². The van der Waals surface area contributed by atoms with Gasteiger partial charge in [-0.15, -0.1) is 0 Å². The fourth-order valence-corrected chi connectivity index (χ4v) is 2.30. The molecular weight excluding hydrogens is 200 g/mol. The van der Waals surface area contributed by atoms with Gasteiger partial charge in [0.05, 0.1) is 12.8 Å². The Morgan fingerprint density at radius 3 is 2.75 bits per heavy atom. The highest BCUT2D eigenvalue weighted by Gasteiger charge is 2.22. The average Bonchev–Trinajstić information content (AvgIpc) is 2.33. The minimum absolute atomic E-state index is 0.263. The summed E-state index contributed by atoms with van der Waals surface area (Å²) in [6, 6.07) is 8.64. The fourth-order valence-electron chi connectivity index (χ4n) is 2.30. The number of ether oxygens (including phenoxy) is 1. The molecule has 16 heavy (non-hydrogen) atoms. The van der Waals surface area contributed by atoms with Gasteiger partial charge in [0.15, 0.2) is 0 Å². The summed E-state index contributed by atoms with van der Waals surface area (Å²) in [5, 5.41) is 3.50. The summed E-state index contributed by atoms with van der Waals surface area (Å²) >= 11 is 0. The van der Waals surface area contributed by atoms with Crippen LogP contribution in [-0.4, -0.2) is 19.2 Å². The maximum atomic E-state index is 6.12. The minimum Gasteiger partial charge on any atom is -0.495 e. The van der Waals surface area contributed by atoms with Gasteiger partial charge in [0.2, 0.25) is 0 Å². The third kappa shape index (κ3) is 2.47. The van der Waals surface area contributed by atoms with Gasteiger partial charge in [-0.25, -0.2) is 0 Å². The first kappa shape index (κ1) is 11.3. The zero-order valence-electron chi connectivity index (χ0n) is 9.78. The molecule has 0 heterocycles. The molecule has 2 unspecified atom stereocenters. The largest absolute Gasteiger partial charge is 0.495 e. The summed E-state index contributed by atoms with van der Waals surface area (Å²) in [7, 11) is 1.70. The van der Waals surface area contributed by atoms with E-state index in [0.717, 1.165) is 24.3 Å². The molecule has 3 nitrogen and oxygen atoms in total. The molecule has 1 aromatic rings. The van der Waals surface area contributed by atoms with Gasteiger partial charge >= 0.3 is 0 Å². The molecule has 2 atom stereocenters. The van der Waals surface area contributed by atoms with Crippen molar-refractivity contribution in [2.24, 2.45) is 5.73 Å². The molecule has 1 saturated carbocycles. The van der Waals surface area contributed by atoms with Gasteiger partial charge in [-0.2, -0.15) is 0 Å². The van der Waals surface area contributed by atoms with Crippen LogP contribution in [0.15, 0.2) is 24.3 Å². The van der Waals surface area contributed by atoms with Crippen molar-refractivity contribution in [3.05, 3.63) is 24.3 Å².